The summed E-state index contributed by atoms with van der Waals surface area (Å²) in [6.07, 6.45) is 1.71. The van der Waals surface area contributed by atoms with Crippen molar-refractivity contribution in [2.45, 2.75) is 6.54 Å². The second-order valence-electron chi connectivity index (χ2n) is 5.92. The lowest BCUT2D eigenvalue weighted by molar-refractivity contribution is -0.122. The number of carboxylic acids is 1. The number of amides is 1. The van der Waals surface area contributed by atoms with E-state index in [0.717, 1.165) is 32.0 Å². The zero-order chi connectivity index (χ0) is 18.5. The highest BCUT2D eigenvalue weighted by Gasteiger charge is 2.21. The smallest absolute Gasteiger partial charge is 0.371 e. The lowest BCUT2D eigenvalue weighted by Gasteiger charge is -2.35. The zero-order valence-electron chi connectivity index (χ0n) is 14.0. The van der Waals surface area contributed by atoms with Crippen LogP contribution in [0.3, 0.4) is 0 Å². The van der Waals surface area contributed by atoms with Crippen LogP contribution in [0, 0.1) is 0 Å². The van der Waals surface area contributed by atoms with Gasteiger partial charge in [-0.05, 0) is 24.3 Å². The van der Waals surface area contributed by atoms with Crippen molar-refractivity contribution in [3.8, 4) is 0 Å². The minimum absolute atomic E-state index is 0.136. The van der Waals surface area contributed by atoms with Crippen molar-refractivity contribution < 1.29 is 19.1 Å². The van der Waals surface area contributed by atoms with Crippen LogP contribution in [-0.4, -0.2) is 59.6 Å². The Kier molecular flexibility index (Phi) is 5.75. The van der Waals surface area contributed by atoms with Gasteiger partial charge in [-0.1, -0.05) is 11.6 Å². The predicted molar refractivity (Wildman–Crippen MR) is 95.4 cm³/mol. The van der Waals surface area contributed by atoms with Crippen LogP contribution in [0.15, 0.2) is 34.9 Å². The summed E-state index contributed by atoms with van der Waals surface area (Å²) in [6, 6.07) is 6.52. The number of aromatic nitrogens is 1. The van der Waals surface area contributed by atoms with Gasteiger partial charge in [-0.2, -0.15) is 0 Å². The van der Waals surface area contributed by atoms with E-state index in [1.54, 1.807) is 18.3 Å². The maximum Gasteiger partial charge on any atom is 0.371 e. The fourth-order valence-corrected chi connectivity index (χ4v) is 3.00. The van der Waals surface area contributed by atoms with Crippen LogP contribution in [0.2, 0.25) is 5.02 Å². The Hall–Kier alpha value is -2.58. The first-order valence-electron chi connectivity index (χ1n) is 8.19. The molecule has 9 heteroatoms. The number of nitrogens with one attached hydrogen (secondary N) is 1. The van der Waals surface area contributed by atoms with E-state index >= 15 is 0 Å². The van der Waals surface area contributed by atoms with Gasteiger partial charge in [-0.25, -0.2) is 9.78 Å². The van der Waals surface area contributed by atoms with Gasteiger partial charge in [0.1, 0.15) is 11.6 Å². The molecule has 0 radical (unpaired) electrons. The molecule has 1 fully saturated rings. The summed E-state index contributed by atoms with van der Waals surface area (Å²) in [5, 5.41) is 12.2. The highest BCUT2D eigenvalue weighted by Crippen LogP contribution is 2.23. The number of pyridine rings is 1. The second-order valence-corrected chi connectivity index (χ2v) is 6.33. The third-order valence-corrected chi connectivity index (χ3v) is 4.41. The van der Waals surface area contributed by atoms with Crippen molar-refractivity contribution in [3.05, 3.63) is 47.0 Å². The number of anilines is 1. The zero-order valence-corrected chi connectivity index (χ0v) is 14.8. The van der Waals surface area contributed by atoms with E-state index in [9.17, 15) is 9.59 Å². The van der Waals surface area contributed by atoms with E-state index < -0.39 is 5.97 Å². The van der Waals surface area contributed by atoms with Crippen LogP contribution in [-0.2, 0) is 11.3 Å². The summed E-state index contributed by atoms with van der Waals surface area (Å²) in [4.78, 5) is 31.3. The van der Waals surface area contributed by atoms with Crippen molar-refractivity contribution in [1.82, 2.24) is 15.2 Å². The van der Waals surface area contributed by atoms with Crippen LogP contribution >= 0.6 is 11.6 Å². The first-order chi connectivity index (χ1) is 12.5. The van der Waals surface area contributed by atoms with Crippen LogP contribution in [0.25, 0.3) is 0 Å². The molecule has 0 unspecified atom stereocenters. The number of aromatic carboxylic acids is 1. The van der Waals surface area contributed by atoms with Crippen molar-refractivity contribution in [3.63, 3.8) is 0 Å². The van der Waals surface area contributed by atoms with Gasteiger partial charge >= 0.3 is 5.97 Å². The van der Waals surface area contributed by atoms with E-state index in [1.807, 2.05) is 11.0 Å². The summed E-state index contributed by atoms with van der Waals surface area (Å²) < 4.78 is 5.11. The average molecular weight is 379 g/mol. The molecule has 138 valence electrons. The fraction of sp³-hybridized carbons (Fsp3) is 0.353. The molecule has 1 aliphatic heterocycles. The first kappa shape index (κ1) is 18.2. The van der Waals surface area contributed by atoms with Crippen LogP contribution in [0.1, 0.15) is 16.3 Å². The molecule has 1 aliphatic rings. The molecule has 3 rings (SSSR count). The van der Waals surface area contributed by atoms with Gasteiger partial charge in [0.05, 0.1) is 18.1 Å². The Morgan fingerprint density at radius 3 is 2.65 bits per heavy atom. The molecule has 26 heavy (non-hydrogen) atoms. The number of hydrogen-bond donors (Lipinski definition) is 2. The molecular formula is C17H19ClN4O4. The number of carbonyl (C=O) groups excluding carboxylic acids is 1. The minimum Gasteiger partial charge on any atom is -0.475 e. The normalized spacial score (nSPS) is 15.0. The molecule has 0 bridgehead atoms. The number of nitrogens with zero attached hydrogens (tertiary/aromatic N) is 3. The van der Waals surface area contributed by atoms with Gasteiger partial charge in [0.15, 0.2) is 0 Å². The molecule has 8 nitrogen and oxygen atoms in total. The fourth-order valence-electron chi connectivity index (χ4n) is 2.76. The molecule has 2 N–H and O–H groups in total. The molecule has 0 atom stereocenters. The molecule has 0 spiro atoms. The van der Waals surface area contributed by atoms with Crippen molar-refractivity contribution >= 4 is 29.3 Å². The van der Waals surface area contributed by atoms with Gasteiger partial charge < -0.3 is 19.7 Å². The molecule has 2 aromatic heterocycles. The Morgan fingerprint density at radius 2 is 2.00 bits per heavy atom. The van der Waals surface area contributed by atoms with Crippen LogP contribution < -0.4 is 10.2 Å². The van der Waals surface area contributed by atoms with Crippen molar-refractivity contribution in [1.29, 1.82) is 0 Å². The van der Waals surface area contributed by atoms with Crippen molar-refractivity contribution in [2.75, 3.05) is 37.6 Å². The summed E-state index contributed by atoms with van der Waals surface area (Å²) in [7, 11) is 0. The molecular weight excluding hydrogens is 360 g/mol. The average Bonchev–Trinajstić information content (AvgIpc) is 3.11. The number of carboxylic acid groups (broad SMARTS) is 1. The lowest BCUT2D eigenvalue weighted by atomic mass is 10.3. The molecule has 1 saturated heterocycles. The van der Waals surface area contributed by atoms with Gasteiger partial charge in [-0.15, -0.1) is 0 Å². The molecule has 0 aliphatic carbocycles. The quantitative estimate of drug-likeness (QED) is 0.785. The Balaban J connectivity index is 1.43. The van der Waals surface area contributed by atoms with E-state index in [2.05, 4.69) is 15.2 Å². The Bertz CT molecular complexity index is 787. The number of hydrogen-bond acceptors (Lipinski definition) is 6. The van der Waals surface area contributed by atoms with Gasteiger partial charge in [0.25, 0.3) is 0 Å². The monoisotopic (exact) mass is 378 g/mol. The topological polar surface area (TPSA) is 98.9 Å². The van der Waals surface area contributed by atoms with Crippen molar-refractivity contribution in [2.24, 2.45) is 0 Å². The third-order valence-electron chi connectivity index (χ3n) is 4.11. The highest BCUT2D eigenvalue weighted by atomic mass is 35.5. The van der Waals surface area contributed by atoms with Gasteiger partial charge in [0.2, 0.25) is 11.7 Å². The summed E-state index contributed by atoms with van der Waals surface area (Å²) in [5.74, 6) is -0.231. The Labute approximate surface area is 155 Å². The number of furan rings is 1. The minimum atomic E-state index is -1.13. The van der Waals surface area contributed by atoms with Crippen LogP contribution in [0.4, 0.5) is 5.82 Å². The first-order valence-corrected chi connectivity index (χ1v) is 8.57. The van der Waals surface area contributed by atoms with Crippen LogP contribution in [0.5, 0.6) is 0 Å². The number of piperazine rings is 1. The maximum atomic E-state index is 12.1. The van der Waals surface area contributed by atoms with E-state index in [1.165, 1.54) is 6.07 Å². The number of halogens is 1. The molecule has 2 aromatic rings. The predicted octanol–water partition coefficient (Wildman–Crippen LogP) is 1.46. The van der Waals surface area contributed by atoms with Gasteiger partial charge in [0, 0.05) is 32.4 Å². The molecule has 0 saturated carbocycles. The largest absolute Gasteiger partial charge is 0.475 e. The molecule has 3 heterocycles. The summed E-state index contributed by atoms with van der Waals surface area (Å²) >= 11 is 6.17. The lowest BCUT2D eigenvalue weighted by Crippen LogP contribution is -2.49. The van der Waals surface area contributed by atoms with E-state index in [4.69, 9.17) is 21.1 Å². The van der Waals surface area contributed by atoms with E-state index in [0.29, 0.717) is 10.8 Å². The number of carbonyl (C=O) groups is 2. The third kappa shape index (κ3) is 4.53. The summed E-state index contributed by atoms with van der Waals surface area (Å²) in [6.45, 7) is 3.37. The standard InChI is InChI=1S/C17H19ClN4O4/c18-13-2-1-5-19-16(13)22-8-6-21(7-9-22)11-15(23)20-10-12-3-4-14(26-12)17(24)25/h1-5H,6-11H2,(H,20,23)(H,24,25). The number of rotatable bonds is 6. The summed E-state index contributed by atoms with van der Waals surface area (Å²) in [5.41, 5.74) is 0. The highest BCUT2D eigenvalue weighted by molar-refractivity contribution is 6.32. The molecule has 0 aromatic carbocycles. The molecule has 1 amide bonds. The second kappa shape index (κ2) is 8.20. The maximum absolute atomic E-state index is 12.1. The SMILES string of the molecule is O=C(CN1CCN(c2ncccc2Cl)CC1)NCc1ccc(C(=O)O)o1. The van der Waals surface area contributed by atoms with E-state index in [-0.39, 0.29) is 24.8 Å². The van der Waals surface area contributed by atoms with Gasteiger partial charge in [-0.3, -0.25) is 9.69 Å². The Morgan fingerprint density at radius 1 is 1.23 bits per heavy atom.